The third-order valence-electron chi connectivity index (χ3n) is 3.37. The second-order valence-corrected chi connectivity index (χ2v) is 5.75. The van der Waals surface area contributed by atoms with Crippen molar-refractivity contribution in [1.82, 2.24) is 15.1 Å². The van der Waals surface area contributed by atoms with Crippen LogP contribution in [0.15, 0.2) is 47.7 Å². The highest BCUT2D eigenvalue weighted by atomic mass is 15.3. The number of nitrogens with one attached hydrogen (secondary N) is 1. The van der Waals surface area contributed by atoms with Crippen LogP contribution in [0.25, 0.3) is 5.69 Å². The first-order chi connectivity index (χ1) is 10.6. The van der Waals surface area contributed by atoms with Crippen LogP contribution in [0.3, 0.4) is 0 Å². The van der Waals surface area contributed by atoms with Gasteiger partial charge in [-0.05, 0) is 36.5 Å². The summed E-state index contributed by atoms with van der Waals surface area (Å²) in [6.07, 6.45) is 5.86. The Morgan fingerprint density at radius 1 is 1.32 bits per heavy atom. The van der Waals surface area contributed by atoms with Crippen LogP contribution in [0, 0.1) is 5.92 Å². The van der Waals surface area contributed by atoms with Gasteiger partial charge in [-0.1, -0.05) is 32.0 Å². The number of benzene rings is 1. The zero-order valence-electron chi connectivity index (χ0n) is 13.4. The molecule has 0 aliphatic heterocycles. The molecule has 22 heavy (non-hydrogen) atoms. The largest absolute Gasteiger partial charge is 0.370 e. The zero-order chi connectivity index (χ0) is 15.8. The number of para-hydroxylation sites is 1. The van der Waals surface area contributed by atoms with Gasteiger partial charge in [0.05, 0.1) is 11.9 Å². The average Bonchev–Trinajstić information content (AvgIpc) is 2.97. The number of guanidine groups is 1. The van der Waals surface area contributed by atoms with E-state index in [-0.39, 0.29) is 0 Å². The number of nitrogens with two attached hydrogens (primary N) is 1. The molecule has 2 aromatic rings. The lowest BCUT2D eigenvalue weighted by Crippen LogP contribution is -2.33. The molecular weight excluding hydrogens is 274 g/mol. The molecule has 0 atom stereocenters. The molecule has 3 N–H and O–H groups in total. The highest BCUT2D eigenvalue weighted by molar-refractivity contribution is 5.77. The van der Waals surface area contributed by atoms with E-state index in [1.165, 1.54) is 5.56 Å². The molecule has 1 aromatic carbocycles. The Morgan fingerprint density at radius 3 is 2.82 bits per heavy atom. The molecule has 0 amide bonds. The summed E-state index contributed by atoms with van der Waals surface area (Å²) in [5.74, 6) is 1.18. The number of aliphatic imine (C=N–C) groups is 1. The third-order valence-corrected chi connectivity index (χ3v) is 3.37. The monoisotopic (exact) mass is 299 g/mol. The van der Waals surface area contributed by atoms with Gasteiger partial charge >= 0.3 is 0 Å². The van der Waals surface area contributed by atoms with E-state index in [2.05, 4.69) is 29.3 Å². The standard InChI is InChI=1S/C17H25N5/c1-14(2)8-10-19-17(18)20-11-9-15-12-21-22(13-15)16-6-4-3-5-7-16/h3-7,12-14H,8-11H2,1-2H3,(H3,18,19,20). The minimum Gasteiger partial charge on any atom is -0.370 e. The van der Waals surface area contributed by atoms with E-state index in [4.69, 9.17) is 5.73 Å². The second kappa shape index (κ2) is 8.22. The molecule has 1 heterocycles. The van der Waals surface area contributed by atoms with Crippen LogP contribution < -0.4 is 11.1 Å². The maximum atomic E-state index is 5.84. The second-order valence-electron chi connectivity index (χ2n) is 5.75. The molecule has 0 saturated carbocycles. The molecule has 5 nitrogen and oxygen atoms in total. The number of hydrogen-bond donors (Lipinski definition) is 2. The average molecular weight is 299 g/mol. The highest BCUT2D eigenvalue weighted by Crippen LogP contribution is 2.07. The molecule has 0 fully saturated rings. The highest BCUT2D eigenvalue weighted by Gasteiger charge is 2.01. The van der Waals surface area contributed by atoms with E-state index in [0.717, 1.165) is 31.6 Å². The fourth-order valence-electron chi connectivity index (χ4n) is 2.05. The van der Waals surface area contributed by atoms with Crippen LogP contribution in [0.2, 0.25) is 0 Å². The van der Waals surface area contributed by atoms with E-state index in [1.54, 1.807) is 0 Å². The number of nitrogens with zero attached hydrogens (tertiary/aromatic N) is 3. The number of aromatic nitrogens is 2. The molecule has 0 radical (unpaired) electrons. The Morgan fingerprint density at radius 2 is 2.09 bits per heavy atom. The van der Waals surface area contributed by atoms with Crippen LogP contribution in [0.1, 0.15) is 25.8 Å². The van der Waals surface area contributed by atoms with Crippen molar-refractivity contribution < 1.29 is 0 Å². The van der Waals surface area contributed by atoms with Crippen LogP contribution in [-0.2, 0) is 6.42 Å². The summed E-state index contributed by atoms with van der Waals surface area (Å²) >= 11 is 0. The van der Waals surface area contributed by atoms with Crippen LogP contribution >= 0.6 is 0 Å². The Balaban J connectivity index is 1.77. The lowest BCUT2D eigenvalue weighted by molar-refractivity contribution is 0.595. The van der Waals surface area contributed by atoms with Gasteiger partial charge in [0.2, 0.25) is 0 Å². The summed E-state index contributed by atoms with van der Waals surface area (Å²) in [6, 6.07) is 10.1. The van der Waals surface area contributed by atoms with E-state index in [0.29, 0.717) is 11.9 Å². The SMILES string of the molecule is CC(C)CCN=C(N)NCCc1cnn(-c2ccccc2)c1. The lowest BCUT2D eigenvalue weighted by atomic mass is 10.1. The fourth-order valence-corrected chi connectivity index (χ4v) is 2.05. The minimum atomic E-state index is 0.524. The molecular formula is C17H25N5. The summed E-state index contributed by atoms with van der Waals surface area (Å²) in [5.41, 5.74) is 8.08. The van der Waals surface area contributed by atoms with Crippen molar-refractivity contribution in [2.45, 2.75) is 26.7 Å². The normalized spacial score (nSPS) is 11.9. The molecule has 5 heteroatoms. The van der Waals surface area contributed by atoms with Gasteiger partial charge in [0.15, 0.2) is 5.96 Å². The molecule has 2 rings (SSSR count). The fraction of sp³-hybridized carbons (Fsp3) is 0.412. The zero-order valence-corrected chi connectivity index (χ0v) is 13.4. The van der Waals surface area contributed by atoms with Crippen LogP contribution in [-0.4, -0.2) is 28.8 Å². The predicted octanol–water partition coefficient (Wildman–Crippen LogP) is 2.37. The van der Waals surface area contributed by atoms with Gasteiger partial charge in [0.1, 0.15) is 0 Å². The third kappa shape index (κ3) is 5.24. The van der Waals surface area contributed by atoms with Crippen LogP contribution in [0.4, 0.5) is 0 Å². The summed E-state index contributed by atoms with van der Waals surface area (Å²) in [5, 5.41) is 7.53. The molecule has 1 aromatic heterocycles. The maximum absolute atomic E-state index is 5.84. The lowest BCUT2D eigenvalue weighted by Gasteiger charge is -2.05. The van der Waals surface area contributed by atoms with Gasteiger partial charge < -0.3 is 11.1 Å². The Hall–Kier alpha value is -2.30. The first-order valence-corrected chi connectivity index (χ1v) is 7.78. The van der Waals surface area contributed by atoms with Crippen molar-refractivity contribution in [3.63, 3.8) is 0 Å². The van der Waals surface area contributed by atoms with Gasteiger partial charge in [-0.2, -0.15) is 5.10 Å². The summed E-state index contributed by atoms with van der Waals surface area (Å²) in [7, 11) is 0. The van der Waals surface area contributed by atoms with Crippen molar-refractivity contribution in [1.29, 1.82) is 0 Å². The molecule has 0 saturated heterocycles. The predicted molar refractivity (Wildman–Crippen MR) is 91.2 cm³/mol. The molecule has 118 valence electrons. The van der Waals surface area contributed by atoms with E-state index in [1.807, 2.05) is 47.4 Å². The molecule has 0 unspecified atom stereocenters. The minimum absolute atomic E-state index is 0.524. The molecule has 0 bridgehead atoms. The quantitative estimate of drug-likeness (QED) is 0.609. The summed E-state index contributed by atoms with van der Waals surface area (Å²) in [4.78, 5) is 4.31. The Labute approximate surface area is 132 Å². The van der Waals surface area contributed by atoms with Crippen molar-refractivity contribution in [3.8, 4) is 5.69 Å². The van der Waals surface area contributed by atoms with Gasteiger partial charge in [-0.25, -0.2) is 4.68 Å². The van der Waals surface area contributed by atoms with Gasteiger partial charge in [0.25, 0.3) is 0 Å². The Bertz CT molecular complexity index is 586. The van der Waals surface area contributed by atoms with Crippen molar-refractivity contribution in [2.75, 3.05) is 13.1 Å². The van der Waals surface area contributed by atoms with E-state index < -0.39 is 0 Å². The number of rotatable bonds is 7. The first-order valence-electron chi connectivity index (χ1n) is 7.78. The topological polar surface area (TPSA) is 68.2 Å². The first kappa shape index (κ1) is 16.1. The van der Waals surface area contributed by atoms with Crippen molar-refractivity contribution in [2.24, 2.45) is 16.6 Å². The van der Waals surface area contributed by atoms with Gasteiger partial charge in [-0.15, -0.1) is 0 Å². The van der Waals surface area contributed by atoms with Crippen molar-refractivity contribution >= 4 is 5.96 Å². The molecule has 0 aliphatic carbocycles. The molecule has 0 spiro atoms. The van der Waals surface area contributed by atoms with Gasteiger partial charge in [-0.3, -0.25) is 4.99 Å². The van der Waals surface area contributed by atoms with Crippen LogP contribution in [0.5, 0.6) is 0 Å². The van der Waals surface area contributed by atoms with Gasteiger partial charge in [0, 0.05) is 19.3 Å². The van der Waals surface area contributed by atoms with E-state index >= 15 is 0 Å². The smallest absolute Gasteiger partial charge is 0.188 e. The van der Waals surface area contributed by atoms with Crippen molar-refractivity contribution in [3.05, 3.63) is 48.3 Å². The van der Waals surface area contributed by atoms with E-state index in [9.17, 15) is 0 Å². The molecule has 0 aliphatic rings. The Kier molecular flexibility index (Phi) is 6.01. The maximum Gasteiger partial charge on any atom is 0.188 e. The number of hydrogen-bond acceptors (Lipinski definition) is 2. The summed E-state index contributed by atoms with van der Waals surface area (Å²) in [6.45, 7) is 5.91. The summed E-state index contributed by atoms with van der Waals surface area (Å²) < 4.78 is 1.88.